The second-order valence-electron chi connectivity index (χ2n) is 11.2. The number of anilines is 1. The van der Waals surface area contributed by atoms with Gasteiger partial charge in [0.1, 0.15) is 18.2 Å². The molecular formula is C34H41F6N5O10. The van der Waals surface area contributed by atoms with E-state index in [1.54, 1.807) is 50.5 Å². The molecule has 304 valence electrons. The summed E-state index contributed by atoms with van der Waals surface area (Å²) in [6.07, 6.45) is -1.98. The predicted molar refractivity (Wildman–Crippen MR) is 183 cm³/mol. The third-order valence-corrected chi connectivity index (χ3v) is 7.18. The van der Waals surface area contributed by atoms with E-state index in [4.69, 9.17) is 45.2 Å². The highest BCUT2D eigenvalue weighted by atomic mass is 19.4. The number of ether oxygens (including phenoxy) is 3. The average molecular weight is 794 g/mol. The highest BCUT2D eigenvalue weighted by Crippen LogP contribution is 2.25. The summed E-state index contributed by atoms with van der Waals surface area (Å²) in [5.41, 5.74) is 7.78. The molecule has 6 N–H and O–H groups in total. The molecule has 0 aliphatic carbocycles. The molecule has 1 aliphatic heterocycles. The molecule has 1 saturated heterocycles. The fourth-order valence-corrected chi connectivity index (χ4v) is 4.50. The lowest BCUT2D eigenvalue weighted by molar-refractivity contribution is -0.193. The van der Waals surface area contributed by atoms with Gasteiger partial charge < -0.3 is 40.4 Å². The first-order chi connectivity index (χ1) is 25.7. The molecule has 0 unspecified atom stereocenters. The van der Waals surface area contributed by atoms with Crippen molar-refractivity contribution in [3.8, 4) is 5.75 Å². The molecule has 15 nitrogen and oxygen atoms in total. The fourth-order valence-electron chi connectivity index (χ4n) is 4.50. The predicted octanol–water partition coefficient (Wildman–Crippen LogP) is 4.33. The maximum atomic E-state index is 13.3. The van der Waals surface area contributed by atoms with Gasteiger partial charge in [0.05, 0.1) is 19.3 Å². The second kappa shape index (κ2) is 23.0. The highest BCUT2D eigenvalue weighted by molar-refractivity contribution is 5.96. The zero-order valence-corrected chi connectivity index (χ0v) is 29.6. The van der Waals surface area contributed by atoms with Gasteiger partial charge in [-0.2, -0.15) is 26.3 Å². The molecule has 1 aliphatic rings. The Balaban J connectivity index is 0.000000913. The Labute approximate surface area is 310 Å². The van der Waals surface area contributed by atoms with Crippen LogP contribution in [0.25, 0.3) is 6.08 Å². The smallest absolute Gasteiger partial charge is 0.490 e. The minimum atomic E-state index is -5.08. The van der Waals surface area contributed by atoms with Gasteiger partial charge in [-0.1, -0.05) is 12.1 Å². The Morgan fingerprint density at radius 3 is 2.00 bits per heavy atom. The van der Waals surface area contributed by atoms with Crippen LogP contribution in [0.3, 0.4) is 0 Å². The molecule has 2 aromatic rings. The summed E-state index contributed by atoms with van der Waals surface area (Å²) in [6.45, 7) is 5.54. The van der Waals surface area contributed by atoms with Gasteiger partial charge in [-0.15, -0.1) is 0 Å². The quantitative estimate of drug-likeness (QED) is 0.0590. The van der Waals surface area contributed by atoms with Crippen molar-refractivity contribution in [1.29, 1.82) is 5.41 Å². The lowest BCUT2D eigenvalue weighted by Gasteiger charge is -2.33. The van der Waals surface area contributed by atoms with Crippen molar-refractivity contribution in [2.24, 2.45) is 11.7 Å². The summed E-state index contributed by atoms with van der Waals surface area (Å²) < 4.78 is 79.6. The average Bonchev–Trinajstić information content (AvgIpc) is 3.12. The van der Waals surface area contributed by atoms with E-state index in [-0.39, 0.29) is 49.9 Å². The summed E-state index contributed by atoms with van der Waals surface area (Å²) in [5, 5.41) is 25.1. The van der Waals surface area contributed by atoms with Gasteiger partial charge in [0.25, 0.3) is 0 Å². The first kappa shape index (κ1) is 47.1. The molecule has 1 amide bonds. The van der Waals surface area contributed by atoms with E-state index in [9.17, 15) is 40.7 Å². The third-order valence-electron chi connectivity index (χ3n) is 7.18. The SMILES string of the molecule is CCOC(=O)C=Cc1ccc(C(=N)N)cc1OC[C@H](CCC(=O)OCC)NC(=O)C1CCN(c2ccncc2)CC1.O=C(O)C(F)(F)F.O=C(O)C(F)(F)F. The van der Waals surface area contributed by atoms with Gasteiger partial charge in [-0.3, -0.25) is 20.0 Å². The highest BCUT2D eigenvalue weighted by Gasteiger charge is 2.39. The third kappa shape index (κ3) is 18.6. The Morgan fingerprint density at radius 2 is 1.51 bits per heavy atom. The number of nitrogens with two attached hydrogens (primary N) is 1. The van der Waals surface area contributed by atoms with E-state index in [0.29, 0.717) is 36.1 Å². The Morgan fingerprint density at radius 1 is 0.964 bits per heavy atom. The number of nitrogen functional groups attached to an aromatic ring is 1. The van der Waals surface area contributed by atoms with Crippen LogP contribution in [0.2, 0.25) is 0 Å². The van der Waals surface area contributed by atoms with Crippen LogP contribution in [-0.2, 0) is 33.4 Å². The molecule has 1 fully saturated rings. The van der Waals surface area contributed by atoms with E-state index in [1.165, 1.54) is 6.08 Å². The largest absolute Gasteiger partial charge is 0.491 e. The monoisotopic (exact) mass is 793 g/mol. The van der Waals surface area contributed by atoms with Gasteiger partial charge in [-0.05, 0) is 57.4 Å². The topological polar surface area (TPSA) is 232 Å². The van der Waals surface area contributed by atoms with Crippen LogP contribution in [0, 0.1) is 11.3 Å². The molecule has 0 saturated carbocycles. The number of aromatic nitrogens is 1. The first-order valence-electron chi connectivity index (χ1n) is 16.4. The minimum absolute atomic E-state index is 0.0581. The Hall–Kier alpha value is -5.89. The number of benzene rings is 1. The number of carbonyl (C=O) groups excluding carboxylic acids is 3. The number of amides is 1. The number of carboxylic acid groups (broad SMARTS) is 2. The molecule has 1 atom stereocenters. The molecule has 21 heteroatoms. The van der Waals surface area contributed by atoms with E-state index in [1.807, 2.05) is 12.1 Å². The van der Waals surface area contributed by atoms with E-state index < -0.39 is 36.3 Å². The number of hydrogen-bond donors (Lipinski definition) is 5. The first-order valence-corrected chi connectivity index (χ1v) is 16.4. The number of hydrogen-bond acceptors (Lipinski definition) is 11. The van der Waals surface area contributed by atoms with Gasteiger partial charge in [-0.25, -0.2) is 14.4 Å². The zero-order valence-electron chi connectivity index (χ0n) is 29.6. The summed E-state index contributed by atoms with van der Waals surface area (Å²) in [5.74, 6) is -6.38. The minimum Gasteiger partial charge on any atom is -0.491 e. The van der Waals surface area contributed by atoms with E-state index in [0.717, 1.165) is 18.8 Å². The number of amidine groups is 1. The Bertz CT molecular complexity index is 1590. The van der Waals surface area contributed by atoms with Gasteiger partial charge in [0.2, 0.25) is 5.91 Å². The molecule has 55 heavy (non-hydrogen) atoms. The van der Waals surface area contributed by atoms with Crippen LogP contribution in [0.1, 0.15) is 50.7 Å². The molecule has 2 heterocycles. The van der Waals surface area contributed by atoms with Crippen molar-refractivity contribution < 1.29 is 74.7 Å². The number of alkyl halides is 6. The number of carbonyl (C=O) groups is 5. The Kier molecular flexibility index (Phi) is 19.7. The number of nitrogens with zero attached hydrogens (tertiary/aromatic N) is 2. The van der Waals surface area contributed by atoms with Gasteiger partial charge >= 0.3 is 36.2 Å². The number of rotatable bonds is 14. The summed E-state index contributed by atoms with van der Waals surface area (Å²) in [7, 11) is 0. The number of piperidine rings is 1. The molecule has 1 aromatic heterocycles. The lowest BCUT2D eigenvalue weighted by Crippen LogP contribution is -2.46. The fraction of sp³-hybridized carbons (Fsp3) is 0.441. The molecule has 1 aromatic carbocycles. The van der Waals surface area contributed by atoms with Crippen LogP contribution >= 0.6 is 0 Å². The molecule has 0 spiro atoms. The van der Waals surface area contributed by atoms with Crippen molar-refractivity contribution in [2.45, 2.75) is 57.9 Å². The zero-order chi connectivity index (χ0) is 41.8. The summed E-state index contributed by atoms with van der Waals surface area (Å²) >= 11 is 0. The van der Waals surface area contributed by atoms with E-state index >= 15 is 0 Å². The standard InChI is InChI=1S/C30H39N5O6.2C2HF3O2/c1-3-39-27(36)9-7-21-5-6-23(29(31)32)19-26(21)41-20-24(8-10-28(37)40-4-2)34-30(38)22-13-17-35(18-14-22)25-11-15-33-16-12-25;2*3-2(4,5)1(6)7/h5-7,9,11-12,15-16,19,22,24H,3-4,8,10,13-14,17-18,20H2,1-2H3,(H3,31,32)(H,34,38);2*(H,6,7)/t24-;;/m0../s1. The van der Waals surface area contributed by atoms with Crippen LogP contribution in [0.15, 0.2) is 48.8 Å². The van der Waals surface area contributed by atoms with Crippen molar-refractivity contribution in [3.05, 3.63) is 59.9 Å². The summed E-state index contributed by atoms with van der Waals surface area (Å²) in [4.78, 5) is 61.3. The maximum absolute atomic E-state index is 13.3. The van der Waals surface area contributed by atoms with Crippen LogP contribution in [0.4, 0.5) is 32.0 Å². The van der Waals surface area contributed by atoms with Crippen LogP contribution in [-0.4, -0.2) is 102 Å². The molecule has 0 bridgehead atoms. The van der Waals surface area contributed by atoms with Crippen LogP contribution < -0.4 is 20.7 Å². The number of pyridine rings is 1. The number of nitrogens with one attached hydrogen (secondary N) is 2. The molecular weight excluding hydrogens is 752 g/mol. The van der Waals surface area contributed by atoms with Crippen molar-refractivity contribution in [2.75, 3.05) is 37.8 Å². The second-order valence-corrected chi connectivity index (χ2v) is 11.2. The normalized spacial score (nSPS) is 13.6. The molecule has 0 radical (unpaired) electrons. The summed E-state index contributed by atoms with van der Waals surface area (Å²) in [6, 6.07) is 8.38. The molecule has 3 rings (SSSR count). The van der Waals surface area contributed by atoms with E-state index in [2.05, 4.69) is 15.2 Å². The number of carboxylic acids is 2. The number of aliphatic carboxylic acids is 2. The van der Waals surface area contributed by atoms with Crippen molar-refractivity contribution in [1.82, 2.24) is 10.3 Å². The lowest BCUT2D eigenvalue weighted by atomic mass is 9.95. The maximum Gasteiger partial charge on any atom is 0.490 e. The van der Waals surface area contributed by atoms with Crippen molar-refractivity contribution >= 4 is 47.4 Å². The van der Waals surface area contributed by atoms with Gasteiger partial charge in [0.15, 0.2) is 0 Å². The number of esters is 2. The van der Waals surface area contributed by atoms with Crippen molar-refractivity contribution in [3.63, 3.8) is 0 Å². The van der Waals surface area contributed by atoms with Gasteiger partial charge in [0, 0.05) is 60.7 Å². The van der Waals surface area contributed by atoms with Crippen LogP contribution in [0.5, 0.6) is 5.75 Å². The number of halogens is 6.